The average Bonchev–Trinajstić information content (AvgIpc) is 1.88. The normalized spacial score (nSPS) is 9.92. The van der Waals surface area contributed by atoms with E-state index >= 15 is 0 Å². The molecule has 0 unspecified atom stereocenters. The maximum absolute atomic E-state index is 10.0. The topological polar surface area (TPSA) is 158 Å². The Labute approximate surface area is 66.4 Å². The molecule has 0 aliphatic carbocycles. The molecule has 10 heteroatoms. The first-order valence-corrected chi connectivity index (χ1v) is 2.41. The van der Waals surface area contributed by atoms with Gasteiger partial charge in [-0.15, -0.1) is 4.91 Å². The van der Waals surface area contributed by atoms with Crippen molar-refractivity contribution < 1.29 is 10.5 Å². The highest BCUT2D eigenvalue weighted by atomic mass is 16.7. The average molecular weight is 180 g/mol. The zero-order valence-corrected chi connectivity index (χ0v) is 6.09. The van der Waals surface area contributed by atoms with E-state index in [4.69, 9.17) is 5.73 Å². The lowest BCUT2D eigenvalue weighted by Crippen LogP contribution is -2.48. The van der Waals surface area contributed by atoms with Gasteiger partial charge < -0.3 is 11.2 Å². The van der Waals surface area contributed by atoms with E-state index in [2.05, 4.69) is 10.5 Å². The van der Waals surface area contributed by atoms with E-state index in [0.29, 0.717) is 0 Å². The Bertz CT molecular complexity index is 190. The number of hydrogen-bond donors (Lipinski definition) is 2. The predicted octanol–water partition coefficient (Wildman–Crippen LogP) is -2.21. The van der Waals surface area contributed by atoms with Gasteiger partial charge in [0.1, 0.15) is 0 Å². The van der Waals surface area contributed by atoms with Crippen LogP contribution >= 0.6 is 0 Å². The number of nitroso groups, excluding NO2 is 1. The molecule has 0 heterocycles. The molecule has 10 nitrogen and oxygen atoms in total. The third-order valence-electron chi connectivity index (χ3n) is 0.735. The predicted molar refractivity (Wildman–Crippen MR) is 38.9 cm³/mol. The standard InChI is InChI=1S/C2H6N6O3.H2O/c1-4-7(8(10)11)2(3)5-6-9;/h4H,1H3,(H2,3,5,9);1H2. The van der Waals surface area contributed by atoms with Crippen molar-refractivity contribution in [3.63, 3.8) is 0 Å². The van der Waals surface area contributed by atoms with Crippen LogP contribution in [0.15, 0.2) is 10.4 Å². The molecule has 0 fully saturated rings. The van der Waals surface area contributed by atoms with Crippen molar-refractivity contribution in [3.8, 4) is 0 Å². The first kappa shape index (κ1) is 12.8. The number of nitrogens with one attached hydrogen (secondary N) is 1. The van der Waals surface area contributed by atoms with Crippen LogP contribution in [0.4, 0.5) is 0 Å². The molecule has 0 radical (unpaired) electrons. The van der Waals surface area contributed by atoms with Gasteiger partial charge in [-0.25, -0.2) is 10.1 Å². The van der Waals surface area contributed by atoms with Gasteiger partial charge >= 0.3 is 5.96 Å². The molecule has 70 valence electrons. The van der Waals surface area contributed by atoms with Crippen LogP contribution in [-0.4, -0.2) is 28.6 Å². The Morgan fingerprint density at radius 3 is 2.50 bits per heavy atom. The summed E-state index contributed by atoms with van der Waals surface area (Å²) in [4.78, 5) is 19.5. The van der Waals surface area contributed by atoms with Crippen molar-refractivity contribution in [2.45, 2.75) is 0 Å². The Balaban J connectivity index is 0. The van der Waals surface area contributed by atoms with Crippen LogP contribution in [0.2, 0.25) is 0 Å². The van der Waals surface area contributed by atoms with Crippen molar-refractivity contribution in [2.24, 2.45) is 16.1 Å². The summed E-state index contributed by atoms with van der Waals surface area (Å²) >= 11 is 0. The van der Waals surface area contributed by atoms with E-state index in [1.54, 1.807) is 0 Å². The van der Waals surface area contributed by atoms with Crippen molar-refractivity contribution in [3.05, 3.63) is 15.0 Å². The molecule has 5 N–H and O–H groups in total. The third-order valence-corrected chi connectivity index (χ3v) is 0.735. The number of guanidine groups is 1. The molecule has 0 aromatic rings. The molecule has 0 amide bonds. The van der Waals surface area contributed by atoms with Crippen LogP contribution in [0.3, 0.4) is 0 Å². The number of hydrazine groups is 2. The first-order valence-electron chi connectivity index (χ1n) is 2.41. The SMILES string of the molecule is CNN(C(N)=NN=O)[N+](=O)[O-].O. The van der Waals surface area contributed by atoms with E-state index in [9.17, 15) is 15.0 Å². The lowest BCUT2D eigenvalue weighted by atomic mass is 11.0. The van der Waals surface area contributed by atoms with Gasteiger partial charge in [0.25, 0.3) is 0 Å². The summed E-state index contributed by atoms with van der Waals surface area (Å²) in [6.45, 7) is 0. The summed E-state index contributed by atoms with van der Waals surface area (Å²) in [5.41, 5.74) is 6.98. The molecule has 12 heavy (non-hydrogen) atoms. The van der Waals surface area contributed by atoms with E-state index in [0.717, 1.165) is 0 Å². The molecule has 0 aromatic heterocycles. The molecule has 0 saturated heterocycles. The van der Waals surface area contributed by atoms with E-state index < -0.39 is 11.0 Å². The minimum atomic E-state index is -0.885. The van der Waals surface area contributed by atoms with Crippen LogP contribution in [0.5, 0.6) is 0 Å². The smallest absolute Gasteiger partial charge is 0.301 e. The van der Waals surface area contributed by atoms with E-state index in [1.807, 2.05) is 5.29 Å². The summed E-state index contributed by atoms with van der Waals surface area (Å²) in [5, 5.41) is 14.1. The fourth-order valence-corrected chi connectivity index (χ4v) is 0.364. The highest BCUT2D eigenvalue weighted by molar-refractivity contribution is 5.76. The minimum Gasteiger partial charge on any atom is -0.412 e. The van der Waals surface area contributed by atoms with Gasteiger partial charge in [-0.1, -0.05) is 5.10 Å². The Kier molecular flexibility index (Phi) is 6.35. The Morgan fingerprint density at radius 2 is 2.25 bits per heavy atom. The lowest BCUT2D eigenvalue weighted by Gasteiger charge is -2.07. The molecule has 0 rings (SSSR count). The fraction of sp³-hybridized carbons (Fsp3) is 0.500. The van der Waals surface area contributed by atoms with Crippen LogP contribution in [0, 0.1) is 15.0 Å². The maximum Gasteiger partial charge on any atom is 0.301 e. The molecule has 0 aliphatic heterocycles. The molecule has 0 aliphatic rings. The fourth-order valence-electron chi connectivity index (χ4n) is 0.364. The monoisotopic (exact) mass is 180 g/mol. The molecule has 0 bridgehead atoms. The van der Waals surface area contributed by atoms with Crippen molar-refractivity contribution >= 4 is 5.96 Å². The molecular weight excluding hydrogens is 172 g/mol. The molecule has 0 atom stereocenters. The highest BCUT2D eigenvalue weighted by Gasteiger charge is 2.16. The quantitative estimate of drug-likeness (QED) is 0.164. The summed E-state index contributed by atoms with van der Waals surface area (Å²) in [6.07, 6.45) is 0. The zero-order chi connectivity index (χ0) is 8.85. The van der Waals surface area contributed by atoms with Gasteiger partial charge in [0, 0.05) is 12.2 Å². The summed E-state index contributed by atoms with van der Waals surface area (Å²) in [7, 11) is 1.25. The third kappa shape index (κ3) is 3.38. The number of nitro groups is 1. The number of nitrogens with two attached hydrogens (primary N) is 1. The maximum atomic E-state index is 10.0. The number of rotatable bonds is 3. The second-order valence-corrected chi connectivity index (χ2v) is 1.31. The van der Waals surface area contributed by atoms with Gasteiger partial charge in [-0.05, 0) is 0 Å². The molecular formula is C2H8N6O4. The van der Waals surface area contributed by atoms with Crippen molar-refractivity contribution in [1.29, 1.82) is 0 Å². The van der Waals surface area contributed by atoms with Crippen LogP contribution < -0.4 is 11.2 Å². The first-order chi connectivity index (χ1) is 5.13. The van der Waals surface area contributed by atoms with Gasteiger partial charge in [0.15, 0.2) is 5.03 Å². The van der Waals surface area contributed by atoms with Gasteiger partial charge in [0.05, 0.1) is 5.29 Å². The summed E-state index contributed by atoms with van der Waals surface area (Å²) in [6, 6.07) is 0. The molecule has 0 aromatic carbocycles. The Morgan fingerprint density at radius 1 is 1.75 bits per heavy atom. The van der Waals surface area contributed by atoms with Crippen LogP contribution in [0.25, 0.3) is 0 Å². The number of nitrogens with zero attached hydrogens (tertiary/aromatic N) is 4. The highest BCUT2D eigenvalue weighted by Crippen LogP contribution is 1.81. The van der Waals surface area contributed by atoms with Crippen LogP contribution in [-0.2, 0) is 0 Å². The van der Waals surface area contributed by atoms with Gasteiger partial charge in [-0.2, -0.15) is 5.43 Å². The minimum absolute atomic E-state index is 0. The van der Waals surface area contributed by atoms with Crippen molar-refractivity contribution in [2.75, 3.05) is 7.05 Å². The lowest BCUT2D eigenvalue weighted by molar-refractivity contribution is -0.642. The molecule has 0 spiro atoms. The van der Waals surface area contributed by atoms with E-state index in [-0.39, 0.29) is 10.6 Å². The van der Waals surface area contributed by atoms with Gasteiger partial charge in [0.2, 0.25) is 0 Å². The van der Waals surface area contributed by atoms with E-state index in [1.165, 1.54) is 7.05 Å². The summed E-state index contributed by atoms with van der Waals surface area (Å²) < 4.78 is 0. The molecule has 0 saturated carbocycles. The zero-order valence-electron chi connectivity index (χ0n) is 6.09. The van der Waals surface area contributed by atoms with Gasteiger partial charge in [-0.3, -0.25) is 0 Å². The second-order valence-electron chi connectivity index (χ2n) is 1.31. The largest absolute Gasteiger partial charge is 0.412 e. The second kappa shape index (κ2) is 5.94. The van der Waals surface area contributed by atoms with Crippen molar-refractivity contribution in [1.82, 2.24) is 10.5 Å². The number of hydrogen-bond acceptors (Lipinski definition) is 5. The van der Waals surface area contributed by atoms with Crippen LogP contribution in [0.1, 0.15) is 0 Å². The Hall–Kier alpha value is -1.81. The summed E-state index contributed by atoms with van der Waals surface area (Å²) in [5.74, 6) is -0.632.